The van der Waals surface area contributed by atoms with Gasteiger partial charge in [0.25, 0.3) is 0 Å². The van der Waals surface area contributed by atoms with Crippen molar-refractivity contribution in [3.63, 3.8) is 0 Å². The van der Waals surface area contributed by atoms with E-state index in [0.29, 0.717) is 17.1 Å². The summed E-state index contributed by atoms with van der Waals surface area (Å²) in [6, 6.07) is 3.15. The number of halogens is 2. The molecule has 0 aliphatic rings. The topological polar surface area (TPSA) is 26.0 Å². The first-order valence-electron chi connectivity index (χ1n) is 4.72. The molecule has 0 fully saturated rings. The summed E-state index contributed by atoms with van der Waals surface area (Å²) in [4.78, 5) is 0. The molecule has 1 aromatic carbocycles. The molecule has 0 aromatic heterocycles. The number of benzene rings is 1. The summed E-state index contributed by atoms with van der Waals surface area (Å²) in [5, 5.41) is 0.533. The van der Waals surface area contributed by atoms with Gasteiger partial charge in [-0.25, -0.2) is 4.39 Å². The molecule has 0 aliphatic heterocycles. The maximum atomic E-state index is 13.5. The van der Waals surface area contributed by atoms with E-state index in [1.165, 1.54) is 6.07 Å². The van der Waals surface area contributed by atoms with Crippen molar-refractivity contribution in [3.05, 3.63) is 34.1 Å². The molecule has 1 unspecified atom stereocenters. The second-order valence-electron chi connectivity index (χ2n) is 3.57. The van der Waals surface area contributed by atoms with Gasteiger partial charge in [0, 0.05) is 10.6 Å². The second-order valence-corrected chi connectivity index (χ2v) is 3.95. The van der Waals surface area contributed by atoms with Crippen molar-refractivity contribution in [1.29, 1.82) is 0 Å². The Hall–Kier alpha value is -0.600. The van der Waals surface area contributed by atoms with Crippen LogP contribution in [0.4, 0.5) is 4.39 Å². The van der Waals surface area contributed by atoms with Crippen LogP contribution in [-0.4, -0.2) is 6.54 Å². The van der Waals surface area contributed by atoms with E-state index in [9.17, 15) is 4.39 Å². The Bertz CT molecular complexity index is 325. The van der Waals surface area contributed by atoms with E-state index in [-0.39, 0.29) is 11.7 Å². The molecule has 0 spiro atoms. The van der Waals surface area contributed by atoms with Gasteiger partial charge in [0.2, 0.25) is 0 Å². The van der Waals surface area contributed by atoms with Crippen molar-refractivity contribution >= 4 is 11.6 Å². The zero-order chi connectivity index (χ0) is 10.7. The van der Waals surface area contributed by atoms with Gasteiger partial charge in [0.15, 0.2) is 0 Å². The minimum Gasteiger partial charge on any atom is -0.330 e. The number of hydrogen-bond acceptors (Lipinski definition) is 1. The maximum absolute atomic E-state index is 13.5. The third-order valence-electron chi connectivity index (χ3n) is 2.41. The van der Waals surface area contributed by atoms with Crippen LogP contribution in [0.2, 0.25) is 5.02 Å². The van der Waals surface area contributed by atoms with Gasteiger partial charge in [-0.15, -0.1) is 0 Å². The van der Waals surface area contributed by atoms with Gasteiger partial charge in [-0.1, -0.05) is 24.6 Å². The molecule has 0 radical (unpaired) electrons. The average molecular weight is 216 g/mol. The smallest absolute Gasteiger partial charge is 0.128 e. The van der Waals surface area contributed by atoms with Crippen molar-refractivity contribution < 1.29 is 4.39 Å². The Kier molecular flexibility index (Phi) is 3.90. The zero-order valence-corrected chi connectivity index (χ0v) is 9.24. The van der Waals surface area contributed by atoms with Gasteiger partial charge in [-0.3, -0.25) is 0 Å². The van der Waals surface area contributed by atoms with Gasteiger partial charge in [0.1, 0.15) is 5.82 Å². The summed E-state index contributed by atoms with van der Waals surface area (Å²) in [6.07, 6.45) is 0.750. The molecule has 0 saturated carbocycles. The first-order chi connectivity index (χ1) is 6.57. The summed E-state index contributed by atoms with van der Waals surface area (Å²) in [6.45, 7) is 4.36. The fourth-order valence-electron chi connectivity index (χ4n) is 1.52. The van der Waals surface area contributed by atoms with Gasteiger partial charge >= 0.3 is 0 Å². The van der Waals surface area contributed by atoms with Crippen LogP contribution >= 0.6 is 11.6 Å². The molecule has 1 aromatic rings. The van der Waals surface area contributed by atoms with Crippen LogP contribution in [0.3, 0.4) is 0 Å². The fraction of sp³-hybridized carbons (Fsp3) is 0.455. The molecule has 3 heteroatoms. The number of hydrogen-bond donors (Lipinski definition) is 1. The van der Waals surface area contributed by atoms with Crippen molar-refractivity contribution in [2.45, 2.75) is 26.2 Å². The van der Waals surface area contributed by atoms with Gasteiger partial charge in [-0.05, 0) is 37.4 Å². The van der Waals surface area contributed by atoms with Crippen LogP contribution in [-0.2, 0) is 0 Å². The first-order valence-corrected chi connectivity index (χ1v) is 5.10. The van der Waals surface area contributed by atoms with Crippen molar-refractivity contribution in [2.75, 3.05) is 6.54 Å². The van der Waals surface area contributed by atoms with Crippen LogP contribution in [0.25, 0.3) is 0 Å². The molecule has 0 bridgehead atoms. The third-order valence-corrected chi connectivity index (χ3v) is 2.91. The Morgan fingerprint density at radius 2 is 2.14 bits per heavy atom. The molecule has 1 rings (SSSR count). The first kappa shape index (κ1) is 11.5. The number of rotatable bonds is 3. The highest BCUT2D eigenvalue weighted by Gasteiger charge is 2.15. The molecule has 1 nitrogen and oxygen atoms in total. The monoisotopic (exact) mass is 215 g/mol. The molecule has 0 aliphatic carbocycles. The van der Waals surface area contributed by atoms with Crippen LogP contribution < -0.4 is 5.73 Å². The van der Waals surface area contributed by atoms with E-state index < -0.39 is 0 Å². The fourth-order valence-corrected chi connectivity index (χ4v) is 1.86. The SMILES string of the molecule is Cc1ccc(F)c(C(C)CCN)c1Cl. The van der Waals surface area contributed by atoms with Crippen LogP contribution in [0.5, 0.6) is 0 Å². The van der Waals surface area contributed by atoms with Crippen LogP contribution in [0, 0.1) is 12.7 Å². The lowest BCUT2D eigenvalue weighted by molar-refractivity contribution is 0.576. The Labute approximate surface area is 89.1 Å². The minimum atomic E-state index is -0.235. The highest BCUT2D eigenvalue weighted by atomic mass is 35.5. The normalized spacial score (nSPS) is 12.9. The minimum absolute atomic E-state index is 0.0763. The molecule has 0 heterocycles. The standard InChI is InChI=1S/C11H15ClFN/c1-7(5-6-14)10-9(13)4-3-8(2)11(10)12/h3-4,7H,5-6,14H2,1-2H3. The van der Waals surface area contributed by atoms with Crippen LogP contribution in [0.1, 0.15) is 30.4 Å². The van der Waals surface area contributed by atoms with E-state index in [1.54, 1.807) is 6.07 Å². The average Bonchev–Trinajstić information content (AvgIpc) is 2.13. The number of aryl methyl sites for hydroxylation is 1. The zero-order valence-electron chi connectivity index (χ0n) is 8.48. The maximum Gasteiger partial charge on any atom is 0.128 e. The summed E-state index contributed by atoms with van der Waals surface area (Å²) in [7, 11) is 0. The van der Waals surface area contributed by atoms with Gasteiger partial charge in [0.05, 0.1) is 0 Å². The predicted octanol–water partition coefficient (Wildman–Crippen LogP) is 3.24. The summed E-state index contributed by atoms with van der Waals surface area (Å²) >= 11 is 6.05. The molecule has 0 amide bonds. The van der Waals surface area contributed by atoms with Crippen molar-refractivity contribution in [1.82, 2.24) is 0 Å². The van der Waals surface area contributed by atoms with Crippen LogP contribution in [0.15, 0.2) is 12.1 Å². The van der Waals surface area contributed by atoms with E-state index in [2.05, 4.69) is 0 Å². The molecule has 14 heavy (non-hydrogen) atoms. The van der Waals surface area contributed by atoms with E-state index >= 15 is 0 Å². The molecular weight excluding hydrogens is 201 g/mol. The lowest BCUT2D eigenvalue weighted by atomic mass is 9.95. The summed E-state index contributed by atoms with van der Waals surface area (Å²) in [5.74, 6) is -0.158. The largest absolute Gasteiger partial charge is 0.330 e. The van der Waals surface area contributed by atoms with E-state index in [0.717, 1.165) is 12.0 Å². The van der Waals surface area contributed by atoms with Gasteiger partial charge in [-0.2, -0.15) is 0 Å². The lowest BCUT2D eigenvalue weighted by Crippen LogP contribution is -2.07. The molecule has 2 N–H and O–H groups in total. The second kappa shape index (κ2) is 4.76. The number of nitrogens with two attached hydrogens (primary N) is 1. The van der Waals surface area contributed by atoms with Crippen molar-refractivity contribution in [2.24, 2.45) is 5.73 Å². The Morgan fingerprint density at radius 1 is 1.50 bits per heavy atom. The van der Waals surface area contributed by atoms with Gasteiger partial charge < -0.3 is 5.73 Å². The third kappa shape index (κ3) is 2.25. The summed E-state index contributed by atoms with van der Waals surface area (Å²) in [5.41, 5.74) is 6.94. The highest BCUT2D eigenvalue weighted by Crippen LogP contribution is 2.31. The molecule has 78 valence electrons. The molecule has 0 saturated heterocycles. The lowest BCUT2D eigenvalue weighted by Gasteiger charge is -2.14. The molecular formula is C11H15ClFN. The Balaban J connectivity index is 3.11. The quantitative estimate of drug-likeness (QED) is 0.823. The predicted molar refractivity (Wildman–Crippen MR) is 58.2 cm³/mol. The van der Waals surface area contributed by atoms with Crippen molar-refractivity contribution in [3.8, 4) is 0 Å². The Morgan fingerprint density at radius 3 is 2.71 bits per heavy atom. The van der Waals surface area contributed by atoms with E-state index in [4.69, 9.17) is 17.3 Å². The highest BCUT2D eigenvalue weighted by molar-refractivity contribution is 6.32. The summed E-state index contributed by atoms with van der Waals surface area (Å²) < 4.78 is 13.5. The van der Waals surface area contributed by atoms with E-state index in [1.807, 2.05) is 13.8 Å². The molecule has 1 atom stereocenters.